The van der Waals surface area contributed by atoms with E-state index in [2.05, 4.69) is 11.9 Å². The summed E-state index contributed by atoms with van der Waals surface area (Å²) < 4.78 is 7.32. The second-order valence-electron chi connectivity index (χ2n) is 5.67. The van der Waals surface area contributed by atoms with Crippen LogP contribution in [0, 0.1) is 6.92 Å². The maximum atomic E-state index is 12.1. The number of imidazole rings is 1. The largest absolute Gasteiger partial charge is 0.464 e. The molecule has 0 saturated carbocycles. The molecule has 1 rings (SSSR count). The number of unbranched alkanes of at least 4 members (excludes halogenated alkanes) is 5. The van der Waals surface area contributed by atoms with Crippen LogP contribution >= 0.6 is 0 Å². The van der Waals surface area contributed by atoms with Crippen LogP contribution in [0.15, 0.2) is 6.20 Å². The van der Waals surface area contributed by atoms with Crippen molar-refractivity contribution < 1.29 is 9.53 Å². The lowest BCUT2D eigenvalue weighted by Crippen LogP contribution is -2.20. The molecule has 4 heteroatoms. The Labute approximate surface area is 128 Å². The Kier molecular flexibility index (Phi) is 8.09. The normalized spacial score (nSPS) is 12.4. The molecule has 120 valence electrons. The molecule has 0 aromatic carbocycles. The molecule has 1 unspecified atom stereocenters. The van der Waals surface area contributed by atoms with Crippen LogP contribution in [0.2, 0.25) is 0 Å². The second-order valence-corrected chi connectivity index (χ2v) is 5.67. The summed E-state index contributed by atoms with van der Waals surface area (Å²) in [4.78, 5) is 16.5. The standard InChI is InChI=1S/C17H30N2O2/c1-5-7-8-9-10-11-12-21-17(20)15(4)19-13-14(3)18-16(19)6-2/h13,15H,5-12H2,1-4H3. The van der Waals surface area contributed by atoms with E-state index in [0.717, 1.165) is 30.8 Å². The fourth-order valence-corrected chi connectivity index (χ4v) is 2.45. The SMILES string of the molecule is CCCCCCCCOC(=O)C(C)n1cc(C)nc1CC. The molecule has 21 heavy (non-hydrogen) atoms. The van der Waals surface area contributed by atoms with Crippen molar-refractivity contribution in [2.45, 2.75) is 78.7 Å². The predicted molar refractivity (Wildman–Crippen MR) is 85.4 cm³/mol. The summed E-state index contributed by atoms with van der Waals surface area (Å²) in [6.45, 7) is 8.62. The van der Waals surface area contributed by atoms with E-state index in [1.165, 1.54) is 25.7 Å². The maximum absolute atomic E-state index is 12.1. The van der Waals surface area contributed by atoms with Gasteiger partial charge >= 0.3 is 5.97 Å². The van der Waals surface area contributed by atoms with E-state index in [0.29, 0.717) is 6.61 Å². The summed E-state index contributed by atoms with van der Waals surface area (Å²) in [6.07, 6.45) is 9.94. The van der Waals surface area contributed by atoms with E-state index in [-0.39, 0.29) is 12.0 Å². The first-order valence-corrected chi connectivity index (χ1v) is 8.31. The third kappa shape index (κ3) is 5.90. The lowest BCUT2D eigenvalue weighted by atomic mass is 10.1. The average Bonchev–Trinajstić information content (AvgIpc) is 2.86. The Morgan fingerprint density at radius 3 is 2.57 bits per heavy atom. The third-order valence-electron chi connectivity index (χ3n) is 3.75. The Bertz CT molecular complexity index is 426. The zero-order valence-electron chi connectivity index (χ0n) is 14.0. The number of nitrogens with zero attached hydrogens (tertiary/aromatic N) is 2. The molecule has 0 N–H and O–H groups in total. The van der Waals surface area contributed by atoms with Crippen molar-refractivity contribution in [2.24, 2.45) is 0 Å². The minimum absolute atomic E-state index is 0.157. The highest BCUT2D eigenvalue weighted by atomic mass is 16.5. The lowest BCUT2D eigenvalue weighted by molar-refractivity contribution is -0.147. The zero-order chi connectivity index (χ0) is 15.7. The van der Waals surface area contributed by atoms with Gasteiger partial charge in [0.15, 0.2) is 0 Å². The maximum Gasteiger partial charge on any atom is 0.328 e. The first kappa shape index (κ1) is 17.7. The molecule has 0 spiro atoms. The molecule has 0 aliphatic heterocycles. The van der Waals surface area contributed by atoms with Gasteiger partial charge in [-0.25, -0.2) is 9.78 Å². The fraction of sp³-hybridized carbons (Fsp3) is 0.765. The number of carbonyl (C=O) groups is 1. The molecule has 0 aliphatic rings. The van der Waals surface area contributed by atoms with Crippen molar-refractivity contribution >= 4 is 5.97 Å². The number of carbonyl (C=O) groups excluding carboxylic acids is 1. The van der Waals surface area contributed by atoms with E-state index in [1.807, 2.05) is 31.5 Å². The van der Waals surface area contributed by atoms with Crippen molar-refractivity contribution in [2.75, 3.05) is 6.61 Å². The Hall–Kier alpha value is -1.32. The van der Waals surface area contributed by atoms with Gasteiger partial charge in [-0.15, -0.1) is 0 Å². The third-order valence-corrected chi connectivity index (χ3v) is 3.75. The topological polar surface area (TPSA) is 44.1 Å². The molecule has 0 bridgehead atoms. The molecule has 1 atom stereocenters. The van der Waals surface area contributed by atoms with Gasteiger partial charge in [-0.1, -0.05) is 46.0 Å². The molecule has 0 aliphatic carbocycles. The first-order chi connectivity index (χ1) is 10.1. The highest BCUT2D eigenvalue weighted by molar-refractivity contribution is 5.73. The quantitative estimate of drug-likeness (QED) is 0.479. The van der Waals surface area contributed by atoms with Crippen LogP contribution in [0.5, 0.6) is 0 Å². The van der Waals surface area contributed by atoms with Crippen molar-refractivity contribution in [3.05, 3.63) is 17.7 Å². The van der Waals surface area contributed by atoms with Gasteiger partial charge in [0, 0.05) is 12.6 Å². The van der Waals surface area contributed by atoms with Gasteiger partial charge in [0.2, 0.25) is 0 Å². The van der Waals surface area contributed by atoms with E-state index in [1.54, 1.807) is 0 Å². The van der Waals surface area contributed by atoms with Crippen molar-refractivity contribution in [1.82, 2.24) is 9.55 Å². The molecule has 1 aromatic heterocycles. The van der Waals surface area contributed by atoms with Gasteiger partial charge in [-0.05, 0) is 20.3 Å². The molecule has 0 amide bonds. The smallest absolute Gasteiger partial charge is 0.328 e. The summed E-state index contributed by atoms with van der Waals surface area (Å²) in [5.74, 6) is 0.784. The summed E-state index contributed by atoms with van der Waals surface area (Å²) in [7, 11) is 0. The summed E-state index contributed by atoms with van der Waals surface area (Å²) in [6, 6.07) is -0.291. The number of ether oxygens (including phenoxy) is 1. The van der Waals surface area contributed by atoms with Gasteiger partial charge < -0.3 is 9.30 Å². The van der Waals surface area contributed by atoms with Crippen LogP contribution in [0.25, 0.3) is 0 Å². The average molecular weight is 294 g/mol. The molecule has 0 saturated heterocycles. The second kappa shape index (κ2) is 9.59. The van der Waals surface area contributed by atoms with Crippen LogP contribution < -0.4 is 0 Å². The van der Waals surface area contributed by atoms with Crippen LogP contribution in [-0.2, 0) is 16.0 Å². The van der Waals surface area contributed by atoms with Gasteiger partial charge in [-0.2, -0.15) is 0 Å². The van der Waals surface area contributed by atoms with Gasteiger partial charge in [0.1, 0.15) is 11.9 Å². The van der Waals surface area contributed by atoms with Crippen molar-refractivity contribution in [1.29, 1.82) is 0 Å². The summed E-state index contributed by atoms with van der Waals surface area (Å²) in [5, 5.41) is 0. The molecular formula is C17H30N2O2. The van der Waals surface area contributed by atoms with Crippen LogP contribution in [0.4, 0.5) is 0 Å². The Morgan fingerprint density at radius 1 is 1.24 bits per heavy atom. The van der Waals surface area contributed by atoms with Gasteiger partial charge in [0.05, 0.1) is 12.3 Å². The first-order valence-electron chi connectivity index (χ1n) is 8.31. The van der Waals surface area contributed by atoms with Crippen LogP contribution in [-0.4, -0.2) is 22.1 Å². The highest BCUT2D eigenvalue weighted by Gasteiger charge is 2.19. The van der Waals surface area contributed by atoms with E-state index in [9.17, 15) is 4.79 Å². The van der Waals surface area contributed by atoms with E-state index in [4.69, 9.17) is 4.74 Å². The van der Waals surface area contributed by atoms with E-state index >= 15 is 0 Å². The van der Waals surface area contributed by atoms with Gasteiger partial charge in [0.25, 0.3) is 0 Å². The monoisotopic (exact) mass is 294 g/mol. The molecule has 0 fully saturated rings. The zero-order valence-corrected chi connectivity index (χ0v) is 14.0. The highest BCUT2D eigenvalue weighted by Crippen LogP contribution is 2.14. The molecule has 1 heterocycles. The molecule has 1 aromatic rings. The minimum Gasteiger partial charge on any atom is -0.464 e. The van der Waals surface area contributed by atoms with Crippen LogP contribution in [0.1, 0.15) is 76.9 Å². The van der Waals surface area contributed by atoms with Crippen molar-refractivity contribution in [3.8, 4) is 0 Å². The summed E-state index contributed by atoms with van der Waals surface area (Å²) >= 11 is 0. The lowest BCUT2D eigenvalue weighted by Gasteiger charge is -2.15. The number of hydrogen-bond donors (Lipinski definition) is 0. The van der Waals surface area contributed by atoms with Crippen molar-refractivity contribution in [3.63, 3.8) is 0 Å². The fourth-order valence-electron chi connectivity index (χ4n) is 2.45. The van der Waals surface area contributed by atoms with Gasteiger partial charge in [-0.3, -0.25) is 0 Å². The number of aromatic nitrogens is 2. The predicted octanol–water partition coefficient (Wildman–Crippen LogP) is 4.22. The molecule has 0 radical (unpaired) electrons. The Morgan fingerprint density at radius 2 is 1.90 bits per heavy atom. The summed E-state index contributed by atoms with van der Waals surface area (Å²) in [5.41, 5.74) is 0.947. The minimum atomic E-state index is -0.291. The number of esters is 1. The molecular weight excluding hydrogens is 264 g/mol. The number of rotatable bonds is 10. The number of aryl methyl sites for hydroxylation is 2. The number of hydrogen-bond acceptors (Lipinski definition) is 3. The molecule has 4 nitrogen and oxygen atoms in total. The van der Waals surface area contributed by atoms with Crippen LogP contribution in [0.3, 0.4) is 0 Å². The Balaban J connectivity index is 2.31. The van der Waals surface area contributed by atoms with E-state index < -0.39 is 0 Å².